The van der Waals surface area contributed by atoms with Crippen LogP contribution in [0.25, 0.3) is 0 Å². The highest BCUT2D eigenvalue weighted by atomic mass is 32.1. The van der Waals surface area contributed by atoms with E-state index in [9.17, 15) is 9.90 Å². The van der Waals surface area contributed by atoms with Crippen LogP contribution in [0.2, 0.25) is 0 Å². The molecule has 0 aliphatic carbocycles. The van der Waals surface area contributed by atoms with Gasteiger partial charge in [-0.2, -0.15) is 0 Å². The predicted octanol–water partition coefficient (Wildman–Crippen LogP) is 2.47. The Kier molecular flexibility index (Phi) is 4.07. The summed E-state index contributed by atoms with van der Waals surface area (Å²) in [6, 6.07) is 7.25. The Balaban J connectivity index is 1.94. The molecule has 0 bridgehead atoms. The zero-order chi connectivity index (χ0) is 13.9. The number of carbonyl (C=O) groups excluding carboxylic acids is 1. The van der Waals surface area contributed by atoms with E-state index in [-0.39, 0.29) is 12.5 Å². The average molecular weight is 279 g/mol. The van der Waals surface area contributed by atoms with Crippen LogP contribution in [-0.2, 0) is 10.2 Å². The summed E-state index contributed by atoms with van der Waals surface area (Å²) < 4.78 is 5.09. The molecule has 0 aromatic carbocycles. The third kappa shape index (κ3) is 3.05. The normalized spacial score (nSPS) is 13.2. The maximum Gasteiger partial charge on any atom is 0.231 e. The molecule has 102 valence electrons. The number of thiophene rings is 1. The van der Waals surface area contributed by atoms with Crippen molar-refractivity contribution in [3.63, 3.8) is 0 Å². The quantitative estimate of drug-likeness (QED) is 0.883. The molecule has 2 rings (SSSR count). The van der Waals surface area contributed by atoms with E-state index in [1.165, 1.54) is 6.26 Å². The zero-order valence-corrected chi connectivity index (χ0v) is 11.7. The van der Waals surface area contributed by atoms with E-state index >= 15 is 0 Å². The smallest absolute Gasteiger partial charge is 0.231 e. The summed E-state index contributed by atoms with van der Waals surface area (Å²) in [5, 5.41) is 14.6. The van der Waals surface area contributed by atoms with Gasteiger partial charge in [-0.15, -0.1) is 11.3 Å². The van der Waals surface area contributed by atoms with Crippen molar-refractivity contribution in [1.29, 1.82) is 0 Å². The molecule has 0 radical (unpaired) electrons. The lowest BCUT2D eigenvalue weighted by molar-refractivity contribution is -0.126. The summed E-state index contributed by atoms with van der Waals surface area (Å²) in [5.41, 5.74) is -0.600. The van der Waals surface area contributed by atoms with Gasteiger partial charge in [0.25, 0.3) is 0 Å². The van der Waals surface area contributed by atoms with Crippen LogP contribution in [0.1, 0.15) is 30.6 Å². The highest BCUT2D eigenvalue weighted by Gasteiger charge is 2.31. The first-order valence-electron chi connectivity index (χ1n) is 6.05. The van der Waals surface area contributed by atoms with Crippen LogP contribution in [0.4, 0.5) is 0 Å². The predicted molar refractivity (Wildman–Crippen MR) is 74.0 cm³/mol. The second kappa shape index (κ2) is 5.59. The Morgan fingerprint density at radius 2 is 2.26 bits per heavy atom. The van der Waals surface area contributed by atoms with E-state index < -0.39 is 11.5 Å². The summed E-state index contributed by atoms with van der Waals surface area (Å²) >= 11 is 1.55. The average Bonchev–Trinajstić information content (AvgIpc) is 3.06. The highest BCUT2D eigenvalue weighted by molar-refractivity contribution is 7.10. The van der Waals surface area contributed by atoms with Crippen molar-refractivity contribution in [3.8, 4) is 0 Å². The Bertz CT molecular complexity index is 517. The van der Waals surface area contributed by atoms with Crippen molar-refractivity contribution in [3.05, 3.63) is 46.5 Å². The Morgan fingerprint density at radius 3 is 2.84 bits per heavy atom. The monoisotopic (exact) mass is 279 g/mol. The number of hydrogen-bond donors (Lipinski definition) is 2. The van der Waals surface area contributed by atoms with Crippen molar-refractivity contribution in [1.82, 2.24) is 5.32 Å². The van der Waals surface area contributed by atoms with Crippen LogP contribution >= 0.6 is 11.3 Å². The van der Waals surface area contributed by atoms with Crippen molar-refractivity contribution in [2.24, 2.45) is 0 Å². The number of furan rings is 1. The molecule has 0 unspecified atom stereocenters. The van der Waals surface area contributed by atoms with Gasteiger partial charge in [0.15, 0.2) is 0 Å². The molecular formula is C14H17NO3S. The van der Waals surface area contributed by atoms with Crippen molar-refractivity contribution in [2.75, 3.05) is 6.54 Å². The molecule has 2 N–H and O–H groups in total. The molecule has 1 amide bonds. The third-order valence-electron chi connectivity index (χ3n) is 3.03. The first-order valence-corrected chi connectivity index (χ1v) is 6.93. The lowest BCUT2D eigenvalue weighted by Gasteiger charge is -2.23. The fourth-order valence-corrected chi connectivity index (χ4v) is 2.59. The van der Waals surface area contributed by atoms with E-state index in [1.807, 2.05) is 31.4 Å². The summed E-state index contributed by atoms with van der Waals surface area (Å²) in [6.07, 6.45) is 0.675. The minimum Gasteiger partial charge on any atom is -0.467 e. The van der Waals surface area contributed by atoms with E-state index in [1.54, 1.807) is 23.5 Å². The molecule has 0 saturated carbocycles. The number of carbonyl (C=O) groups is 1. The first-order chi connectivity index (χ1) is 9.01. The van der Waals surface area contributed by atoms with Gasteiger partial charge in [-0.1, -0.05) is 6.07 Å². The third-order valence-corrected chi connectivity index (χ3v) is 4.23. The fourth-order valence-electron chi connectivity index (χ4n) is 1.74. The van der Waals surface area contributed by atoms with Gasteiger partial charge < -0.3 is 14.8 Å². The maximum atomic E-state index is 12.2. The van der Waals surface area contributed by atoms with Crippen LogP contribution in [0.3, 0.4) is 0 Å². The van der Waals surface area contributed by atoms with Gasteiger partial charge in [-0.25, -0.2) is 0 Å². The second-order valence-electron chi connectivity index (χ2n) is 4.84. The highest BCUT2D eigenvalue weighted by Crippen LogP contribution is 2.27. The molecule has 2 aromatic heterocycles. The van der Waals surface area contributed by atoms with Crippen LogP contribution in [0, 0.1) is 0 Å². The number of hydrogen-bond acceptors (Lipinski definition) is 4. The zero-order valence-electron chi connectivity index (χ0n) is 10.9. The van der Waals surface area contributed by atoms with Crippen molar-refractivity contribution >= 4 is 17.2 Å². The largest absolute Gasteiger partial charge is 0.467 e. The van der Waals surface area contributed by atoms with Gasteiger partial charge >= 0.3 is 0 Å². The fraction of sp³-hybridized carbons (Fsp3) is 0.357. The van der Waals surface area contributed by atoms with Gasteiger partial charge in [0.1, 0.15) is 11.9 Å². The number of nitrogens with one attached hydrogen (secondary N) is 1. The SMILES string of the molecule is CC(C)(C(=O)NC[C@H](O)c1ccco1)c1cccs1. The minimum atomic E-state index is -0.821. The van der Waals surface area contributed by atoms with E-state index in [4.69, 9.17) is 4.42 Å². The van der Waals surface area contributed by atoms with E-state index in [0.717, 1.165) is 4.88 Å². The maximum absolute atomic E-state index is 12.2. The number of aliphatic hydroxyl groups is 1. The van der Waals surface area contributed by atoms with Gasteiger partial charge in [0, 0.05) is 4.88 Å². The van der Waals surface area contributed by atoms with Crippen LogP contribution < -0.4 is 5.32 Å². The number of rotatable bonds is 5. The molecule has 19 heavy (non-hydrogen) atoms. The Morgan fingerprint density at radius 1 is 1.47 bits per heavy atom. The van der Waals surface area contributed by atoms with Crippen molar-refractivity contribution in [2.45, 2.75) is 25.4 Å². The van der Waals surface area contributed by atoms with E-state index in [2.05, 4.69) is 5.32 Å². The first kappa shape index (κ1) is 13.8. The van der Waals surface area contributed by atoms with Crippen LogP contribution in [0.15, 0.2) is 40.3 Å². The van der Waals surface area contributed by atoms with Gasteiger partial charge in [-0.3, -0.25) is 4.79 Å². The van der Waals surface area contributed by atoms with Gasteiger partial charge in [0.05, 0.1) is 18.2 Å². The topological polar surface area (TPSA) is 62.5 Å². The molecule has 0 fully saturated rings. The summed E-state index contributed by atoms with van der Waals surface area (Å²) in [5.74, 6) is 0.342. The molecule has 4 nitrogen and oxygen atoms in total. The molecular weight excluding hydrogens is 262 g/mol. The molecule has 2 aromatic rings. The molecule has 0 saturated heterocycles. The van der Waals surface area contributed by atoms with Gasteiger partial charge in [0.2, 0.25) is 5.91 Å². The number of aliphatic hydroxyl groups excluding tert-OH is 1. The second-order valence-corrected chi connectivity index (χ2v) is 5.79. The van der Waals surface area contributed by atoms with Crippen LogP contribution in [-0.4, -0.2) is 17.6 Å². The lowest BCUT2D eigenvalue weighted by Crippen LogP contribution is -2.41. The molecule has 5 heteroatoms. The standard InChI is InChI=1S/C14H17NO3S/c1-14(2,12-6-4-8-19-12)13(17)15-9-10(16)11-5-3-7-18-11/h3-8,10,16H,9H2,1-2H3,(H,15,17)/t10-/m0/s1. The number of amides is 1. The Hall–Kier alpha value is -1.59. The van der Waals surface area contributed by atoms with Gasteiger partial charge in [-0.05, 0) is 37.4 Å². The molecule has 0 spiro atoms. The minimum absolute atomic E-state index is 0.111. The molecule has 0 aliphatic heterocycles. The van der Waals surface area contributed by atoms with Crippen LogP contribution in [0.5, 0.6) is 0 Å². The van der Waals surface area contributed by atoms with E-state index in [0.29, 0.717) is 5.76 Å². The summed E-state index contributed by atoms with van der Waals surface area (Å²) in [6.45, 7) is 3.88. The summed E-state index contributed by atoms with van der Waals surface area (Å²) in [4.78, 5) is 13.2. The molecule has 1 atom stereocenters. The lowest BCUT2D eigenvalue weighted by atomic mass is 9.90. The summed E-state index contributed by atoms with van der Waals surface area (Å²) in [7, 11) is 0. The molecule has 2 heterocycles. The molecule has 0 aliphatic rings. The van der Waals surface area contributed by atoms with Crippen molar-refractivity contribution < 1.29 is 14.3 Å². The Labute approximate surface area is 116 Å².